The first-order valence-corrected chi connectivity index (χ1v) is 6.98. The van der Waals surface area contributed by atoms with Crippen LogP contribution in [0.1, 0.15) is 11.1 Å². The number of carbonyl (C=O) groups excluding carboxylic acids is 1. The normalized spacial score (nSPS) is 22.9. The molecule has 0 unspecified atom stereocenters. The molecule has 1 fully saturated rings. The van der Waals surface area contributed by atoms with Gasteiger partial charge in [0.2, 0.25) is 5.91 Å². The lowest BCUT2D eigenvalue weighted by molar-refractivity contribution is -0.138. The van der Waals surface area contributed by atoms with Crippen LogP contribution in [-0.2, 0) is 22.3 Å². The van der Waals surface area contributed by atoms with Crippen LogP contribution in [0.2, 0.25) is 0 Å². The second-order valence-electron chi connectivity index (χ2n) is 5.57. The highest BCUT2D eigenvalue weighted by molar-refractivity contribution is 5.77. The van der Waals surface area contributed by atoms with E-state index in [1.807, 2.05) is 4.90 Å². The monoisotopic (exact) mass is 316 g/mol. The number of hydrogen-bond acceptors (Lipinski definition) is 3. The first-order chi connectivity index (χ1) is 10.3. The zero-order chi connectivity index (χ0) is 16.3. The van der Waals surface area contributed by atoms with E-state index in [2.05, 4.69) is 0 Å². The van der Waals surface area contributed by atoms with Crippen LogP contribution >= 0.6 is 0 Å². The van der Waals surface area contributed by atoms with Gasteiger partial charge in [0.05, 0.1) is 18.1 Å². The molecule has 1 aromatic carbocycles. The quantitative estimate of drug-likeness (QED) is 0.902. The van der Waals surface area contributed by atoms with E-state index >= 15 is 0 Å². The van der Waals surface area contributed by atoms with Crippen molar-refractivity contribution in [3.05, 3.63) is 35.4 Å². The van der Waals surface area contributed by atoms with Crippen LogP contribution in [0.3, 0.4) is 0 Å². The van der Waals surface area contributed by atoms with E-state index in [-0.39, 0.29) is 18.0 Å². The number of primary amides is 1. The summed E-state index contributed by atoms with van der Waals surface area (Å²) in [5.74, 6) is -0.910. The van der Waals surface area contributed by atoms with Gasteiger partial charge < -0.3 is 10.5 Å². The summed E-state index contributed by atoms with van der Waals surface area (Å²) in [6.45, 7) is 1.36. The Hall–Kier alpha value is -1.60. The van der Waals surface area contributed by atoms with Gasteiger partial charge in [0.25, 0.3) is 0 Å². The standard InChI is InChI=1S/C15H19F3N2O2/c1-22-9-11-7-20(8-12(11)14(19)21)6-10-4-2-3-5-13(10)15(16,17)18/h2-5,11-12H,6-9H2,1H3,(H2,19,21)/t11-,12+/m0/s1. The molecule has 7 heteroatoms. The first kappa shape index (κ1) is 16.8. The number of carbonyl (C=O) groups is 1. The number of nitrogens with zero attached hydrogens (tertiary/aromatic N) is 1. The Kier molecular flexibility index (Phi) is 5.08. The SMILES string of the molecule is COC[C@@H]1CN(Cc2ccccc2C(F)(F)F)C[C@H]1C(N)=O. The van der Waals surface area contributed by atoms with Crippen LogP contribution in [0.15, 0.2) is 24.3 Å². The van der Waals surface area contributed by atoms with Crippen molar-refractivity contribution >= 4 is 5.91 Å². The van der Waals surface area contributed by atoms with Crippen molar-refractivity contribution in [1.29, 1.82) is 0 Å². The first-order valence-electron chi connectivity index (χ1n) is 6.98. The molecule has 1 aliphatic rings. The average molecular weight is 316 g/mol. The lowest BCUT2D eigenvalue weighted by Crippen LogP contribution is -2.31. The Morgan fingerprint density at radius 2 is 2.05 bits per heavy atom. The number of benzene rings is 1. The van der Waals surface area contributed by atoms with Crippen LogP contribution in [0.5, 0.6) is 0 Å². The molecule has 0 aliphatic carbocycles. The number of methoxy groups -OCH3 is 1. The zero-order valence-electron chi connectivity index (χ0n) is 12.3. The second-order valence-corrected chi connectivity index (χ2v) is 5.57. The summed E-state index contributed by atoms with van der Waals surface area (Å²) in [5.41, 5.74) is 4.94. The molecule has 1 heterocycles. The van der Waals surface area contributed by atoms with E-state index in [0.717, 1.165) is 6.07 Å². The molecule has 2 atom stereocenters. The van der Waals surface area contributed by atoms with E-state index in [9.17, 15) is 18.0 Å². The van der Waals surface area contributed by atoms with Crippen molar-refractivity contribution in [3.8, 4) is 0 Å². The van der Waals surface area contributed by atoms with Crippen molar-refractivity contribution in [2.75, 3.05) is 26.8 Å². The van der Waals surface area contributed by atoms with Crippen LogP contribution in [-0.4, -0.2) is 37.6 Å². The summed E-state index contributed by atoms with van der Waals surface area (Å²) < 4.78 is 44.1. The molecule has 1 aromatic rings. The molecule has 122 valence electrons. The number of halogens is 3. The van der Waals surface area contributed by atoms with Crippen LogP contribution < -0.4 is 5.73 Å². The molecule has 0 bridgehead atoms. The fourth-order valence-corrected chi connectivity index (χ4v) is 2.97. The van der Waals surface area contributed by atoms with Crippen molar-refractivity contribution in [2.24, 2.45) is 17.6 Å². The molecule has 22 heavy (non-hydrogen) atoms. The lowest BCUT2D eigenvalue weighted by atomic mass is 9.96. The third-order valence-corrected chi connectivity index (χ3v) is 3.98. The van der Waals surface area contributed by atoms with Crippen LogP contribution in [0.25, 0.3) is 0 Å². The number of ether oxygens (including phenoxy) is 1. The maximum Gasteiger partial charge on any atom is 0.416 e. The largest absolute Gasteiger partial charge is 0.416 e. The summed E-state index contributed by atoms with van der Waals surface area (Å²) in [4.78, 5) is 13.3. The molecule has 1 amide bonds. The number of hydrogen-bond donors (Lipinski definition) is 1. The number of likely N-dealkylation sites (tertiary alicyclic amines) is 1. The molecule has 4 nitrogen and oxygen atoms in total. The molecule has 0 saturated carbocycles. The van der Waals surface area contributed by atoms with E-state index in [0.29, 0.717) is 19.7 Å². The van der Waals surface area contributed by atoms with Gasteiger partial charge in [-0.2, -0.15) is 13.2 Å². The van der Waals surface area contributed by atoms with Crippen molar-refractivity contribution in [2.45, 2.75) is 12.7 Å². The van der Waals surface area contributed by atoms with E-state index < -0.39 is 23.6 Å². The summed E-state index contributed by atoms with van der Waals surface area (Å²) in [6, 6.07) is 5.49. The summed E-state index contributed by atoms with van der Waals surface area (Å²) in [5, 5.41) is 0. The molecule has 1 saturated heterocycles. The Morgan fingerprint density at radius 1 is 1.36 bits per heavy atom. The van der Waals surface area contributed by atoms with Gasteiger partial charge in [-0.05, 0) is 11.6 Å². The minimum atomic E-state index is -4.38. The molecule has 2 N–H and O–H groups in total. The van der Waals surface area contributed by atoms with Crippen molar-refractivity contribution in [3.63, 3.8) is 0 Å². The Bertz CT molecular complexity index is 534. The molecule has 0 aromatic heterocycles. The number of rotatable bonds is 5. The topological polar surface area (TPSA) is 55.6 Å². The number of nitrogens with two attached hydrogens (primary N) is 1. The zero-order valence-corrected chi connectivity index (χ0v) is 12.3. The number of amides is 1. The smallest absolute Gasteiger partial charge is 0.384 e. The minimum absolute atomic E-state index is 0.0828. The van der Waals surface area contributed by atoms with Gasteiger partial charge in [-0.3, -0.25) is 9.69 Å². The third kappa shape index (κ3) is 3.78. The van der Waals surface area contributed by atoms with Crippen molar-refractivity contribution in [1.82, 2.24) is 4.90 Å². The second kappa shape index (κ2) is 6.66. The van der Waals surface area contributed by atoms with Crippen LogP contribution in [0.4, 0.5) is 13.2 Å². The van der Waals surface area contributed by atoms with E-state index in [4.69, 9.17) is 10.5 Å². The minimum Gasteiger partial charge on any atom is -0.384 e. The van der Waals surface area contributed by atoms with Gasteiger partial charge in [-0.15, -0.1) is 0 Å². The molecular weight excluding hydrogens is 297 g/mol. The predicted molar refractivity (Wildman–Crippen MR) is 74.8 cm³/mol. The maximum absolute atomic E-state index is 13.0. The molecular formula is C15H19F3N2O2. The maximum atomic E-state index is 13.0. The predicted octanol–water partition coefficient (Wildman–Crippen LogP) is 1.89. The summed E-state index contributed by atoms with van der Waals surface area (Å²) in [6.07, 6.45) is -4.38. The molecule has 1 aliphatic heterocycles. The Balaban J connectivity index is 2.14. The summed E-state index contributed by atoms with van der Waals surface area (Å²) in [7, 11) is 1.53. The fraction of sp³-hybridized carbons (Fsp3) is 0.533. The highest BCUT2D eigenvalue weighted by Crippen LogP contribution is 2.33. The lowest BCUT2D eigenvalue weighted by Gasteiger charge is -2.19. The van der Waals surface area contributed by atoms with E-state index in [1.54, 1.807) is 6.07 Å². The van der Waals surface area contributed by atoms with Gasteiger partial charge in [0, 0.05) is 32.7 Å². The van der Waals surface area contributed by atoms with Gasteiger partial charge in [0.1, 0.15) is 0 Å². The van der Waals surface area contributed by atoms with Gasteiger partial charge in [0.15, 0.2) is 0 Å². The summed E-state index contributed by atoms with van der Waals surface area (Å²) >= 11 is 0. The number of alkyl halides is 3. The third-order valence-electron chi connectivity index (χ3n) is 3.98. The Morgan fingerprint density at radius 3 is 2.64 bits per heavy atom. The average Bonchev–Trinajstić information content (AvgIpc) is 2.81. The van der Waals surface area contributed by atoms with Crippen molar-refractivity contribution < 1.29 is 22.7 Å². The van der Waals surface area contributed by atoms with Gasteiger partial charge in [-0.25, -0.2) is 0 Å². The molecule has 2 rings (SSSR count). The molecule has 0 radical (unpaired) electrons. The molecule has 0 spiro atoms. The van der Waals surface area contributed by atoms with Crippen LogP contribution in [0, 0.1) is 11.8 Å². The van der Waals surface area contributed by atoms with Gasteiger partial charge >= 0.3 is 6.18 Å². The van der Waals surface area contributed by atoms with E-state index in [1.165, 1.54) is 19.2 Å². The highest BCUT2D eigenvalue weighted by Gasteiger charge is 2.38. The highest BCUT2D eigenvalue weighted by atomic mass is 19.4. The Labute approximate surface area is 127 Å². The van der Waals surface area contributed by atoms with Gasteiger partial charge in [-0.1, -0.05) is 18.2 Å². The fourth-order valence-electron chi connectivity index (χ4n) is 2.97.